The average molecular weight is 300 g/mol. The maximum atomic E-state index is 13.0. The summed E-state index contributed by atoms with van der Waals surface area (Å²) in [6.07, 6.45) is -0.745. The molecule has 0 aliphatic heterocycles. The number of aliphatic hydroxyl groups is 1. The first-order chi connectivity index (χ1) is 9.91. The van der Waals surface area contributed by atoms with Gasteiger partial charge in [-0.05, 0) is 17.7 Å². The summed E-state index contributed by atoms with van der Waals surface area (Å²) in [5.74, 6) is 0.490. The summed E-state index contributed by atoms with van der Waals surface area (Å²) in [6.45, 7) is -0.358. The summed E-state index contributed by atoms with van der Waals surface area (Å²) < 4.78 is 45.9. The standard InChI is InChI=1S/C14H15F3N2O2/c1-19-6-5-18-13(19)4-7-21-12-3-2-10(9-20)8-11(12)14(15,16)17/h2-3,5-6,8,20H,4,7,9H2,1H3. The van der Waals surface area contributed by atoms with Gasteiger partial charge in [0.1, 0.15) is 11.6 Å². The van der Waals surface area contributed by atoms with Crippen LogP contribution in [0.5, 0.6) is 5.75 Å². The highest BCUT2D eigenvalue weighted by atomic mass is 19.4. The molecule has 0 amide bonds. The van der Waals surface area contributed by atoms with Gasteiger partial charge in [-0.3, -0.25) is 0 Å². The topological polar surface area (TPSA) is 47.3 Å². The highest BCUT2D eigenvalue weighted by molar-refractivity contribution is 5.39. The van der Waals surface area contributed by atoms with Gasteiger partial charge in [-0.15, -0.1) is 0 Å². The third-order valence-corrected chi connectivity index (χ3v) is 3.04. The van der Waals surface area contributed by atoms with Crippen LogP contribution in [0.25, 0.3) is 0 Å². The lowest BCUT2D eigenvalue weighted by atomic mass is 10.1. The van der Waals surface area contributed by atoms with Gasteiger partial charge in [0, 0.05) is 25.9 Å². The van der Waals surface area contributed by atoms with E-state index >= 15 is 0 Å². The summed E-state index contributed by atoms with van der Waals surface area (Å²) in [5.41, 5.74) is -0.687. The Morgan fingerprint density at radius 3 is 2.67 bits per heavy atom. The first kappa shape index (κ1) is 15.4. The Kier molecular flexibility index (Phi) is 4.52. The van der Waals surface area contributed by atoms with Gasteiger partial charge in [-0.2, -0.15) is 13.2 Å². The lowest BCUT2D eigenvalue weighted by Crippen LogP contribution is -2.12. The number of ether oxygens (including phenoxy) is 1. The zero-order valence-electron chi connectivity index (χ0n) is 11.4. The summed E-state index contributed by atoms with van der Waals surface area (Å²) in [7, 11) is 1.81. The molecule has 7 heteroatoms. The quantitative estimate of drug-likeness (QED) is 0.923. The Balaban J connectivity index is 2.10. The molecular weight excluding hydrogens is 285 g/mol. The molecule has 1 N–H and O–H groups in total. The Morgan fingerprint density at radius 1 is 1.33 bits per heavy atom. The first-order valence-electron chi connectivity index (χ1n) is 6.32. The molecule has 114 valence electrons. The van der Waals surface area contributed by atoms with Gasteiger partial charge in [0.05, 0.1) is 18.8 Å². The van der Waals surface area contributed by atoms with E-state index in [1.165, 1.54) is 12.1 Å². The van der Waals surface area contributed by atoms with Gasteiger partial charge < -0.3 is 14.4 Å². The molecule has 0 bridgehead atoms. The summed E-state index contributed by atoms with van der Waals surface area (Å²) in [5, 5.41) is 8.93. The lowest BCUT2D eigenvalue weighted by molar-refractivity contribution is -0.139. The third kappa shape index (κ3) is 3.75. The number of imidazole rings is 1. The first-order valence-corrected chi connectivity index (χ1v) is 6.32. The van der Waals surface area contributed by atoms with Crippen LogP contribution in [0.4, 0.5) is 13.2 Å². The van der Waals surface area contributed by atoms with E-state index in [9.17, 15) is 13.2 Å². The van der Waals surface area contributed by atoms with Crippen LogP contribution in [-0.2, 0) is 26.3 Å². The zero-order chi connectivity index (χ0) is 15.5. The van der Waals surface area contributed by atoms with Crippen LogP contribution >= 0.6 is 0 Å². The van der Waals surface area contributed by atoms with Crippen LogP contribution in [0.2, 0.25) is 0 Å². The number of aromatic nitrogens is 2. The van der Waals surface area contributed by atoms with Crippen molar-refractivity contribution < 1.29 is 23.0 Å². The van der Waals surface area contributed by atoms with Crippen molar-refractivity contribution in [2.45, 2.75) is 19.2 Å². The number of rotatable bonds is 5. The minimum Gasteiger partial charge on any atom is -0.492 e. The predicted octanol–water partition coefficient (Wildman–Crippen LogP) is 2.55. The van der Waals surface area contributed by atoms with Gasteiger partial charge in [0.15, 0.2) is 0 Å². The van der Waals surface area contributed by atoms with E-state index in [1.807, 2.05) is 0 Å². The highest BCUT2D eigenvalue weighted by Crippen LogP contribution is 2.36. The Hall–Kier alpha value is -2.02. The summed E-state index contributed by atoms with van der Waals surface area (Å²) in [6, 6.07) is 3.54. The monoisotopic (exact) mass is 300 g/mol. The van der Waals surface area contributed by atoms with Crippen LogP contribution in [0.1, 0.15) is 17.0 Å². The minimum atomic E-state index is -4.52. The van der Waals surface area contributed by atoms with Crippen molar-refractivity contribution in [3.8, 4) is 5.75 Å². The molecule has 21 heavy (non-hydrogen) atoms. The molecule has 0 saturated carbocycles. The fraction of sp³-hybridized carbons (Fsp3) is 0.357. The summed E-state index contributed by atoms with van der Waals surface area (Å²) in [4.78, 5) is 4.07. The fourth-order valence-corrected chi connectivity index (χ4v) is 1.91. The van der Waals surface area contributed by atoms with Crippen LogP contribution in [0.3, 0.4) is 0 Å². The molecule has 0 unspecified atom stereocenters. The molecule has 2 rings (SSSR count). The molecule has 1 aromatic heterocycles. The molecular formula is C14H15F3N2O2. The lowest BCUT2D eigenvalue weighted by Gasteiger charge is -2.15. The molecule has 0 aliphatic rings. The van der Waals surface area contributed by atoms with Crippen molar-refractivity contribution in [2.24, 2.45) is 7.05 Å². The van der Waals surface area contributed by atoms with Crippen molar-refractivity contribution in [3.05, 3.63) is 47.5 Å². The number of hydrogen-bond donors (Lipinski definition) is 1. The second-order valence-electron chi connectivity index (χ2n) is 4.54. The van der Waals surface area contributed by atoms with Crippen molar-refractivity contribution in [1.29, 1.82) is 0 Å². The van der Waals surface area contributed by atoms with E-state index in [-0.39, 0.29) is 17.9 Å². The number of aliphatic hydroxyl groups excluding tert-OH is 1. The predicted molar refractivity (Wildman–Crippen MR) is 69.8 cm³/mol. The van der Waals surface area contributed by atoms with E-state index in [2.05, 4.69) is 4.98 Å². The van der Waals surface area contributed by atoms with Crippen molar-refractivity contribution in [2.75, 3.05) is 6.61 Å². The SMILES string of the molecule is Cn1ccnc1CCOc1ccc(CO)cc1C(F)(F)F. The molecule has 2 aromatic rings. The number of benzene rings is 1. The number of nitrogens with zero attached hydrogens (tertiary/aromatic N) is 2. The molecule has 0 fully saturated rings. The van der Waals surface area contributed by atoms with E-state index in [1.54, 1.807) is 24.0 Å². The molecule has 0 spiro atoms. The summed E-state index contributed by atoms with van der Waals surface area (Å²) >= 11 is 0. The molecule has 1 aromatic carbocycles. The zero-order valence-corrected chi connectivity index (χ0v) is 11.4. The molecule has 0 atom stereocenters. The van der Waals surface area contributed by atoms with Crippen molar-refractivity contribution >= 4 is 0 Å². The molecule has 0 saturated heterocycles. The van der Waals surface area contributed by atoms with Gasteiger partial charge in [0.2, 0.25) is 0 Å². The Morgan fingerprint density at radius 2 is 2.10 bits per heavy atom. The Labute approximate surface area is 119 Å². The van der Waals surface area contributed by atoms with Crippen LogP contribution in [-0.4, -0.2) is 21.3 Å². The smallest absolute Gasteiger partial charge is 0.419 e. The molecule has 4 nitrogen and oxygen atoms in total. The van der Waals surface area contributed by atoms with Crippen LogP contribution < -0.4 is 4.74 Å². The maximum Gasteiger partial charge on any atom is 0.419 e. The minimum absolute atomic E-state index is 0.0897. The number of halogens is 3. The number of aryl methyl sites for hydroxylation is 1. The van der Waals surface area contributed by atoms with Gasteiger partial charge >= 0.3 is 6.18 Å². The van der Waals surface area contributed by atoms with Gasteiger partial charge in [0.25, 0.3) is 0 Å². The molecule has 1 heterocycles. The van der Waals surface area contributed by atoms with Crippen LogP contribution in [0, 0.1) is 0 Å². The van der Waals surface area contributed by atoms with E-state index < -0.39 is 18.3 Å². The fourth-order valence-electron chi connectivity index (χ4n) is 1.91. The van der Waals surface area contributed by atoms with Crippen molar-refractivity contribution in [3.63, 3.8) is 0 Å². The van der Waals surface area contributed by atoms with E-state index in [0.717, 1.165) is 11.9 Å². The number of alkyl halides is 3. The van der Waals surface area contributed by atoms with Crippen molar-refractivity contribution in [1.82, 2.24) is 9.55 Å². The average Bonchev–Trinajstić information content (AvgIpc) is 2.83. The largest absolute Gasteiger partial charge is 0.492 e. The maximum absolute atomic E-state index is 13.0. The highest BCUT2D eigenvalue weighted by Gasteiger charge is 2.34. The third-order valence-electron chi connectivity index (χ3n) is 3.04. The normalized spacial score (nSPS) is 11.7. The van der Waals surface area contributed by atoms with Crippen LogP contribution in [0.15, 0.2) is 30.6 Å². The second kappa shape index (κ2) is 6.17. The number of hydrogen-bond acceptors (Lipinski definition) is 3. The van der Waals surface area contributed by atoms with E-state index in [0.29, 0.717) is 6.42 Å². The Bertz CT molecular complexity index is 609. The van der Waals surface area contributed by atoms with Gasteiger partial charge in [-0.1, -0.05) is 6.07 Å². The molecule has 0 radical (unpaired) electrons. The van der Waals surface area contributed by atoms with E-state index in [4.69, 9.17) is 9.84 Å². The molecule has 0 aliphatic carbocycles. The van der Waals surface area contributed by atoms with Gasteiger partial charge in [-0.25, -0.2) is 4.98 Å². The second-order valence-corrected chi connectivity index (χ2v) is 4.54.